The predicted molar refractivity (Wildman–Crippen MR) is 136 cm³/mol. The van der Waals surface area contributed by atoms with Crippen LogP contribution >= 0.6 is 0 Å². The molecule has 2 N–H and O–H groups in total. The summed E-state index contributed by atoms with van der Waals surface area (Å²) in [6, 6.07) is 13.2. The zero-order chi connectivity index (χ0) is 24.2. The van der Waals surface area contributed by atoms with Crippen molar-refractivity contribution in [2.45, 2.75) is 88.8 Å². The minimum Gasteiger partial charge on any atom is -0.487 e. The number of rotatable bonds is 7. The van der Waals surface area contributed by atoms with E-state index in [2.05, 4.69) is 12.1 Å². The Kier molecular flexibility index (Phi) is 7.26. The molecule has 1 atom stereocenters. The van der Waals surface area contributed by atoms with E-state index in [0.717, 1.165) is 42.7 Å². The van der Waals surface area contributed by atoms with Crippen molar-refractivity contribution in [1.29, 1.82) is 0 Å². The summed E-state index contributed by atoms with van der Waals surface area (Å²) in [7, 11) is 0. The van der Waals surface area contributed by atoms with Gasteiger partial charge >= 0.3 is 0 Å². The van der Waals surface area contributed by atoms with Crippen LogP contribution < -0.4 is 20.1 Å². The second-order valence-electron chi connectivity index (χ2n) is 10.3. The van der Waals surface area contributed by atoms with E-state index in [1.165, 1.54) is 38.5 Å². The van der Waals surface area contributed by atoms with E-state index in [1.54, 1.807) is 23.1 Å². The van der Waals surface area contributed by atoms with Crippen LogP contribution in [0.5, 0.6) is 11.5 Å². The van der Waals surface area contributed by atoms with Crippen molar-refractivity contribution >= 4 is 17.5 Å². The fraction of sp³-hybridized carbons (Fsp3) is 0.517. The van der Waals surface area contributed by atoms with Crippen molar-refractivity contribution < 1.29 is 19.1 Å². The number of hydrogen-bond donors (Lipinski definition) is 1. The van der Waals surface area contributed by atoms with E-state index in [0.29, 0.717) is 24.2 Å². The van der Waals surface area contributed by atoms with Gasteiger partial charge < -0.3 is 20.1 Å². The molecule has 0 bridgehead atoms. The minimum atomic E-state index is -0.493. The van der Waals surface area contributed by atoms with Crippen LogP contribution in [0.1, 0.15) is 92.5 Å². The highest BCUT2D eigenvalue weighted by atomic mass is 16.5. The molecule has 1 heterocycles. The number of benzene rings is 2. The summed E-state index contributed by atoms with van der Waals surface area (Å²) in [4.78, 5) is 26.3. The van der Waals surface area contributed by atoms with Gasteiger partial charge in [0.05, 0.1) is 12.2 Å². The molecule has 2 aromatic rings. The van der Waals surface area contributed by atoms with Crippen molar-refractivity contribution in [3.8, 4) is 11.5 Å². The van der Waals surface area contributed by atoms with Crippen molar-refractivity contribution in [2.24, 2.45) is 5.73 Å². The standard InChI is InChI=1S/C29H36N2O4/c30-29(33)21-8-7-9-23(16-21)31-19-22(18-28(31)32)20-14-15-26(34-24-10-3-1-2-4-11-24)27(17-20)35-25-12-5-6-13-25/h7-9,14-17,22,24-25H,1-6,10-13,18-19H2,(H2,30,33). The molecule has 0 spiro atoms. The summed E-state index contributed by atoms with van der Waals surface area (Å²) >= 11 is 0. The average molecular weight is 477 g/mol. The van der Waals surface area contributed by atoms with E-state index in [9.17, 15) is 9.59 Å². The number of nitrogens with two attached hydrogens (primary N) is 1. The van der Waals surface area contributed by atoms with Crippen molar-refractivity contribution in [2.75, 3.05) is 11.4 Å². The molecule has 1 unspecified atom stereocenters. The maximum absolute atomic E-state index is 12.9. The van der Waals surface area contributed by atoms with Gasteiger partial charge in [0.15, 0.2) is 11.5 Å². The van der Waals surface area contributed by atoms with Gasteiger partial charge in [-0.3, -0.25) is 9.59 Å². The molecule has 2 aromatic carbocycles. The summed E-state index contributed by atoms with van der Waals surface area (Å²) in [5.74, 6) is 1.27. The lowest BCUT2D eigenvalue weighted by molar-refractivity contribution is -0.117. The molecule has 6 heteroatoms. The monoisotopic (exact) mass is 476 g/mol. The first-order valence-corrected chi connectivity index (χ1v) is 13.2. The molecular weight excluding hydrogens is 440 g/mol. The van der Waals surface area contributed by atoms with Crippen LogP contribution in [0, 0.1) is 0 Å². The maximum atomic E-state index is 12.9. The topological polar surface area (TPSA) is 81.9 Å². The predicted octanol–water partition coefficient (Wildman–Crippen LogP) is 5.73. The number of hydrogen-bond acceptors (Lipinski definition) is 4. The second kappa shape index (κ2) is 10.7. The Morgan fingerprint density at radius 1 is 0.829 bits per heavy atom. The van der Waals surface area contributed by atoms with E-state index < -0.39 is 5.91 Å². The third kappa shape index (κ3) is 5.63. The van der Waals surface area contributed by atoms with Gasteiger partial charge in [-0.15, -0.1) is 0 Å². The Labute approximate surface area is 207 Å². The fourth-order valence-corrected chi connectivity index (χ4v) is 5.70. The molecule has 1 saturated heterocycles. The highest BCUT2D eigenvalue weighted by Crippen LogP contribution is 2.39. The fourth-order valence-electron chi connectivity index (χ4n) is 5.70. The van der Waals surface area contributed by atoms with Crippen molar-refractivity contribution in [1.82, 2.24) is 0 Å². The molecule has 5 rings (SSSR count). The summed E-state index contributed by atoms with van der Waals surface area (Å²) in [6.07, 6.45) is 12.7. The molecule has 0 radical (unpaired) electrons. The molecule has 186 valence electrons. The number of ether oxygens (including phenoxy) is 2. The third-order valence-corrected chi connectivity index (χ3v) is 7.70. The highest BCUT2D eigenvalue weighted by Gasteiger charge is 2.33. The minimum absolute atomic E-state index is 0.0497. The van der Waals surface area contributed by atoms with Crippen LogP contribution in [-0.4, -0.2) is 30.6 Å². The normalized spacial score (nSPS) is 21.8. The first-order chi connectivity index (χ1) is 17.1. The van der Waals surface area contributed by atoms with E-state index in [4.69, 9.17) is 15.2 Å². The Hall–Kier alpha value is -3.02. The number of primary amides is 1. The Bertz CT molecular complexity index is 1050. The van der Waals surface area contributed by atoms with Gasteiger partial charge in [0, 0.05) is 30.1 Å². The number of amides is 2. The van der Waals surface area contributed by atoms with E-state index >= 15 is 0 Å². The largest absolute Gasteiger partial charge is 0.487 e. The summed E-state index contributed by atoms with van der Waals surface area (Å²) in [5, 5.41) is 0. The van der Waals surface area contributed by atoms with Crippen molar-refractivity contribution in [3.63, 3.8) is 0 Å². The molecule has 2 aliphatic carbocycles. The average Bonchev–Trinajstić information content (AvgIpc) is 3.43. The van der Waals surface area contributed by atoms with Gasteiger partial charge in [0.2, 0.25) is 11.8 Å². The van der Waals surface area contributed by atoms with Gasteiger partial charge in [0.25, 0.3) is 0 Å². The third-order valence-electron chi connectivity index (χ3n) is 7.70. The van der Waals surface area contributed by atoms with Crippen LogP contribution in [0.15, 0.2) is 42.5 Å². The van der Waals surface area contributed by atoms with Gasteiger partial charge in [0.1, 0.15) is 0 Å². The van der Waals surface area contributed by atoms with Crippen LogP contribution in [0.25, 0.3) is 0 Å². The zero-order valence-corrected chi connectivity index (χ0v) is 20.4. The molecule has 1 aliphatic heterocycles. The molecule has 3 aliphatic rings. The van der Waals surface area contributed by atoms with E-state index in [1.807, 2.05) is 12.1 Å². The van der Waals surface area contributed by atoms with Crippen molar-refractivity contribution in [3.05, 3.63) is 53.6 Å². The van der Waals surface area contributed by atoms with Gasteiger partial charge in [-0.1, -0.05) is 25.0 Å². The molecule has 6 nitrogen and oxygen atoms in total. The second-order valence-corrected chi connectivity index (χ2v) is 10.3. The Balaban J connectivity index is 1.36. The Morgan fingerprint density at radius 3 is 2.17 bits per heavy atom. The van der Waals surface area contributed by atoms with E-state index in [-0.39, 0.29) is 24.0 Å². The zero-order valence-electron chi connectivity index (χ0n) is 20.4. The van der Waals surface area contributed by atoms with Gasteiger partial charge in [-0.25, -0.2) is 0 Å². The first-order valence-electron chi connectivity index (χ1n) is 13.2. The first kappa shape index (κ1) is 23.7. The van der Waals surface area contributed by atoms with Gasteiger partial charge in [-0.05, 0) is 87.3 Å². The number of anilines is 1. The summed E-state index contributed by atoms with van der Waals surface area (Å²) in [5.41, 5.74) is 7.65. The number of carbonyl (C=O) groups excluding carboxylic acids is 2. The SMILES string of the molecule is NC(=O)c1cccc(N2CC(c3ccc(OC4CCCCCC4)c(OC4CCCC4)c3)CC2=O)c1. The molecule has 35 heavy (non-hydrogen) atoms. The molecule has 2 saturated carbocycles. The van der Waals surface area contributed by atoms with Crippen LogP contribution in [0.2, 0.25) is 0 Å². The van der Waals surface area contributed by atoms with Gasteiger partial charge in [-0.2, -0.15) is 0 Å². The summed E-state index contributed by atoms with van der Waals surface area (Å²) in [6.45, 7) is 0.562. The summed E-state index contributed by atoms with van der Waals surface area (Å²) < 4.78 is 13.0. The maximum Gasteiger partial charge on any atom is 0.248 e. The lowest BCUT2D eigenvalue weighted by Crippen LogP contribution is -2.25. The number of nitrogens with zero attached hydrogens (tertiary/aromatic N) is 1. The molecular formula is C29H36N2O4. The molecule has 3 fully saturated rings. The lowest BCUT2D eigenvalue weighted by Gasteiger charge is -2.23. The molecule has 2 amide bonds. The lowest BCUT2D eigenvalue weighted by atomic mass is 9.97. The number of carbonyl (C=O) groups is 2. The van der Waals surface area contributed by atoms with Crippen LogP contribution in [0.4, 0.5) is 5.69 Å². The smallest absolute Gasteiger partial charge is 0.248 e. The Morgan fingerprint density at radius 2 is 1.49 bits per heavy atom. The quantitative estimate of drug-likeness (QED) is 0.518. The van der Waals surface area contributed by atoms with Crippen LogP contribution in [0.3, 0.4) is 0 Å². The highest BCUT2D eigenvalue weighted by molar-refractivity contribution is 5.99. The van der Waals surface area contributed by atoms with Crippen LogP contribution in [-0.2, 0) is 4.79 Å². The molecule has 0 aromatic heterocycles.